The first kappa shape index (κ1) is 35.4. The number of hydrogen-bond acceptors (Lipinski definition) is 4. The van der Waals surface area contributed by atoms with Crippen molar-refractivity contribution >= 4 is 80.7 Å². The van der Waals surface area contributed by atoms with Gasteiger partial charge in [0.05, 0.1) is 27.5 Å². The Morgan fingerprint density at radius 1 is 0.453 bits per heavy atom. The number of nitrogens with zero attached hydrogens (tertiary/aromatic N) is 5. The third kappa shape index (κ3) is 4.44. The monoisotopic (exact) mass is 833 g/mol. The van der Waals surface area contributed by atoms with E-state index in [2.05, 4.69) is 204 Å². The van der Waals surface area contributed by atoms with Gasteiger partial charge in [-0.3, -0.25) is 9.13 Å². The molecule has 12 aromatic rings. The van der Waals surface area contributed by atoms with E-state index in [1.54, 1.807) is 11.3 Å². The molecule has 6 heteroatoms. The average molecular weight is 834 g/mol. The first-order chi connectivity index (χ1) is 31.7. The minimum Gasteiger partial charge on any atom is -0.278 e. The van der Waals surface area contributed by atoms with Crippen molar-refractivity contribution in [1.29, 1.82) is 0 Å². The molecule has 1 unspecified atom stereocenters. The van der Waals surface area contributed by atoms with Gasteiger partial charge < -0.3 is 0 Å². The SMILES string of the molecule is C=CC1=C(C=C)C2(c3ccccc31)c1ccccc1-c1ccc3c(c12)c1ccccc1n3-c1nc(-c2ccc3c(c2)sc2ccccc23)nc(-n2c3ccccc3c3ccccc32)n1. The predicted octanol–water partition coefficient (Wildman–Crippen LogP) is 14.6. The van der Waals surface area contributed by atoms with E-state index in [0.29, 0.717) is 17.7 Å². The van der Waals surface area contributed by atoms with Crippen molar-refractivity contribution in [3.63, 3.8) is 0 Å². The average Bonchev–Trinajstić information content (AvgIpc) is 4.13. The maximum Gasteiger partial charge on any atom is 0.240 e. The van der Waals surface area contributed by atoms with Crippen LogP contribution in [0.5, 0.6) is 0 Å². The minimum absolute atomic E-state index is 0.548. The minimum atomic E-state index is -0.625. The summed E-state index contributed by atoms with van der Waals surface area (Å²) in [6, 6.07) is 63.3. The van der Waals surface area contributed by atoms with Crippen molar-refractivity contribution in [3.8, 4) is 34.4 Å². The second kappa shape index (κ2) is 12.9. The lowest BCUT2D eigenvalue weighted by atomic mass is 9.68. The molecule has 1 atom stereocenters. The number of hydrogen-bond donors (Lipinski definition) is 0. The van der Waals surface area contributed by atoms with Gasteiger partial charge in [-0.25, -0.2) is 0 Å². The number of allylic oxidation sites excluding steroid dienone is 4. The molecule has 2 aliphatic rings. The first-order valence-corrected chi connectivity index (χ1v) is 22.4. The number of fused-ring (bicyclic) bond motifs is 17. The van der Waals surface area contributed by atoms with Gasteiger partial charge in [0.15, 0.2) is 5.82 Å². The van der Waals surface area contributed by atoms with Crippen LogP contribution in [0.3, 0.4) is 0 Å². The Balaban J connectivity index is 1.11. The van der Waals surface area contributed by atoms with E-state index in [0.717, 1.165) is 60.3 Å². The molecule has 4 heterocycles. The molecule has 0 bridgehead atoms. The Kier molecular flexibility index (Phi) is 7.15. The van der Waals surface area contributed by atoms with Crippen LogP contribution in [0.2, 0.25) is 0 Å². The fourth-order valence-electron chi connectivity index (χ4n) is 11.3. The molecule has 0 saturated heterocycles. The topological polar surface area (TPSA) is 48.5 Å². The van der Waals surface area contributed by atoms with Gasteiger partial charge in [-0.2, -0.15) is 15.0 Å². The summed E-state index contributed by atoms with van der Waals surface area (Å²) in [5, 5.41) is 7.07. The zero-order valence-corrected chi connectivity index (χ0v) is 35.3. The summed E-state index contributed by atoms with van der Waals surface area (Å²) >= 11 is 1.80. The Hall–Kier alpha value is -8.19. The fourth-order valence-corrected chi connectivity index (χ4v) is 12.5. The first-order valence-electron chi connectivity index (χ1n) is 21.6. The van der Waals surface area contributed by atoms with Crippen molar-refractivity contribution in [2.45, 2.75) is 5.41 Å². The molecule has 14 rings (SSSR count). The number of aromatic nitrogens is 5. The summed E-state index contributed by atoms with van der Waals surface area (Å²) in [6.07, 6.45) is 4.07. The van der Waals surface area contributed by atoms with E-state index < -0.39 is 5.41 Å². The van der Waals surface area contributed by atoms with Gasteiger partial charge in [0.2, 0.25) is 11.9 Å². The molecular weight excluding hydrogens is 799 g/mol. The molecule has 64 heavy (non-hydrogen) atoms. The highest BCUT2D eigenvalue weighted by atomic mass is 32.1. The molecule has 0 amide bonds. The third-order valence-electron chi connectivity index (χ3n) is 13.8. The van der Waals surface area contributed by atoms with E-state index in [1.165, 1.54) is 53.6 Å². The van der Waals surface area contributed by atoms with Gasteiger partial charge in [0, 0.05) is 47.3 Å². The van der Waals surface area contributed by atoms with Crippen LogP contribution in [-0.2, 0) is 5.41 Å². The lowest BCUT2D eigenvalue weighted by Crippen LogP contribution is -2.27. The Morgan fingerprint density at radius 2 is 1.02 bits per heavy atom. The molecule has 0 N–H and O–H groups in total. The largest absolute Gasteiger partial charge is 0.278 e. The highest BCUT2D eigenvalue weighted by molar-refractivity contribution is 7.25. The van der Waals surface area contributed by atoms with Crippen molar-refractivity contribution in [1.82, 2.24) is 24.1 Å². The van der Waals surface area contributed by atoms with Crippen LogP contribution >= 0.6 is 11.3 Å². The van der Waals surface area contributed by atoms with Gasteiger partial charge in [-0.1, -0.05) is 165 Å². The second-order valence-corrected chi connectivity index (χ2v) is 17.8. The van der Waals surface area contributed by atoms with Gasteiger partial charge in [-0.05, 0) is 80.9 Å². The maximum absolute atomic E-state index is 5.52. The lowest BCUT2D eigenvalue weighted by molar-refractivity contribution is 0.794. The van der Waals surface area contributed by atoms with Crippen LogP contribution < -0.4 is 0 Å². The number of rotatable bonds is 5. The fraction of sp³-hybridized carbons (Fsp3) is 0.0172. The highest BCUT2D eigenvalue weighted by Gasteiger charge is 2.53. The number of benzene rings is 8. The van der Waals surface area contributed by atoms with Crippen LogP contribution in [0.4, 0.5) is 0 Å². The summed E-state index contributed by atoms with van der Waals surface area (Å²) in [6.45, 7) is 8.85. The molecule has 0 radical (unpaired) electrons. The molecule has 4 aromatic heterocycles. The van der Waals surface area contributed by atoms with Gasteiger partial charge in [0.25, 0.3) is 0 Å². The summed E-state index contributed by atoms with van der Waals surface area (Å²) in [7, 11) is 0. The maximum atomic E-state index is 5.52. The van der Waals surface area contributed by atoms with Crippen molar-refractivity contribution in [2.24, 2.45) is 0 Å². The molecule has 298 valence electrons. The molecular formula is C58H35N5S. The van der Waals surface area contributed by atoms with E-state index in [1.807, 2.05) is 6.08 Å². The van der Waals surface area contributed by atoms with Gasteiger partial charge in [0.1, 0.15) is 0 Å². The van der Waals surface area contributed by atoms with Gasteiger partial charge >= 0.3 is 0 Å². The molecule has 2 aliphatic carbocycles. The van der Waals surface area contributed by atoms with E-state index in [9.17, 15) is 0 Å². The van der Waals surface area contributed by atoms with Crippen LogP contribution in [0.25, 0.3) is 104 Å². The van der Waals surface area contributed by atoms with Crippen LogP contribution in [0.15, 0.2) is 207 Å². The van der Waals surface area contributed by atoms with Crippen molar-refractivity contribution in [3.05, 3.63) is 229 Å². The summed E-state index contributed by atoms with van der Waals surface area (Å²) in [4.78, 5) is 16.4. The van der Waals surface area contributed by atoms with Crippen LogP contribution in [-0.4, -0.2) is 24.1 Å². The van der Waals surface area contributed by atoms with E-state index in [-0.39, 0.29) is 0 Å². The molecule has 1 spiro atoms. The summed E-state index contributed by atoms with van der Waals surface area (Å²) in [5.41, 5.74) is 14.0. The Labute approximate surface area is 371 Å². The summed E-state index contributed by atoms with van der Waals surface area (Å²) in [5.74, 6) is 1.71. The molecule has 0 saturated carbocycles. The van der Waals surface area contributed by atoms with Gasteiger partial charge in [-0.15, -0.1) is 11.3 Å². The molecule has 0 fully saturated rings. The zero-order valence-electron chi connectivity index (χ0n) is 34.5. The second-order valence-electron chi connectivity index (χ2n) is 16.7. The zero-order chi connectivity index (χ0) is 42.3. The number of para-hydroxylation sites is 3. The standard InChI is InChI=1S/C58H35N5S/c1-3-35-36-17-5-11-23-45(36)58(44(35)4-2)46-24-12-6-18-37(46)42-31-32-50-53(54(42)58)43-22-9-15-27-49(43)63(50)57-60-55(34-29-30-41-40-21-10-16-28-51(40)64-52(41)33-34)59-56(61-57)62-47-25-13-7-19-38(47)39-20-8-14-26-48(39)62/h3-33H,1-2H2. The third-order valence-corrected chi connectivity index (χ3v) is 14.9. The molecule has 8 aromatic carbocycles. The van der Waals surface area contributed by atoms with Crippen LogP contribution in [0.1, 0.15) is 22.3 Å². The quantitative estimate of drug-likeness (QED) is 0.174. The predicted molar refractivity (Wildman–Crippen MR) is 266 cm³/mol. The molecule has 0 aliphatic heterocycles. The highest BCUT2D eigenvalue weighted by Crippen LogP contribution is 2.64. The van der Waals surface area contributed by atoms with Crippen molar-refractivity contribution < 1.29 is 0 Å². The van der Waals surface area contributed by atoms with E-state index in [4.69, 9.17) is 15.0 Å². The normalized spacial score (nSPS) is 15.3. The van der Waals surface area contributed by atoms with Crippen LogP contribution in [0, 0.1) is 0 Å². The van der Waals surface area contributed by atoms with E-state index >= 15 is 0 Å². The Bertz CT molecular complexity index is 4030. The van der Waals surface area contributed by atoms with Crippen molar-refractivity contribution in [2.75, 3.05) is 0 Å². The smallest absolute Gasteiger partial charge is 0.240 e. The number of thiophene rings is 1. The molecule has 5 nitrogen and oxygen atoms in total. The summed E-state index contributed by atoms with van der Waals surface area (Å²) < 4.78 is 6.91. The lowest BCUT2D eigenvalue weighted by Gasteiger charge is -2.32. The Morgan fingerprint density at radius 3 is 1.72 bits per heavy atom.